The summed E-state index contributed by atoms with van der Waals surface area (Å²) in [5.74, 6) is 0.970. The number of ether oxygens (including phenoxy) is 1. The second-order valence-electron chi connectivity index (χ2n) is 6.38. The van der Waals surface area contributed by atoms with Crippen LogP contribution >= 0.6 is 0 Å². The van der Waals surface area contributed by atoms with Gasteiger partial charge in [0.1, 0.15) is 5.82 Å². The van der Waals surface area contributed by atoms with E-state index < -0.39 is 0 Å². The topological polar surface area (TPSA) is 51.4 Å². The molecule has 0 bridgehead atoms. The molecule has 4 heteroatoms. The number of nitrogens with two attached hydrogens (primary N) is 1. The molecule has 1 fully saturated rings. The van der Waals surface area contributed by atoms with Gasteiger partial charge in [-0.15, -0.1) is 0 Å². The fraction of sp³-hybridized carbons (Fsp3) is 0.389. The van der Waals surface area contributed by atoms with Gasteiger partial charge < -0.3 is 15.4 Å². The van der Waals surface area contributed by atoms with Crippen molar-refractivity contribution in [1.82, 2.24) is 4.98 Å². The number of nitrogen functional groups attached to an aromatic ring is 1. The summed E-state index contributed by atoms with van der Waals surface area (Å²) in [5, 5.41) is 0. The van der Waals surface area contributed by atoms with Gasteiger partial charge >= 0.3 is 0 Å². The number of piperidine rings is 1. The maximum atomic E-state index is 6.24. The van der Waals surface area contributed by atoms with Crippen LogP contribution in [0.4, 0.5) is 11.5 Å². The zero-order valence-electron chi connectivity index (χ0n) is 12.9. The summed E-state index contributed by atoms with van der Waals surface area (Å²) in [7, 11) is 0. The number of aryl methyl sites for hydroxylation is 1. The lowest BCUT2D eigenvalue weighted by Crippen LogP contribution is -2.42. The summed E-state index contributed by atoms with van der Waals surface area (Å²) in [4.78, 5) is 6.75. The number of fused-ring (bicyclic) bond motifs is 2. The molecule has 0 amide bonds. The van der Waals surface area contributed by atoms with Crippen molar-refractivity contribution in [3.8, 4) is 0 Å². The van der Waals surface area contributed by atoms with E-state index in [2.05, 4.69) is 35.0 Å². The van der Waals surface area contributed by atoms with Gasteiger partial charge in [0.2, 0.25) is 0 Å². The molecule has 1 spiro atoms. The molecule has 0 unspecified atom stereocenters. The number of benzene rings is 1. The lowest BCUT2D eigenvalue weighted by molar-refractivity contribution is -0.0552. The molecule has 4 rings (SSSR count). The predicted molar refractivity (Wildman–Crippen MR) is 87.7 cm³/mol. The molecule has 114 valence electrons. The fourth-order valence-electron chi connectivity index (χ4n) is 3.65. The average Bonchev–Trinajstić information content (AvgIpc) is 2.86. The Labute approximate surface area is 130 Å². The normalized spacial score (nSPS) is 19.4. The maximum Gasteiger partial charge on any atom is 0.130 e. The van der Waals surface area contributed by atoms with Gasteiger partial charge in [0.05, 0.1) is 12.2 Å². The fourth-order valence-corrected chi connectivity index (χ4v) is 3.65. The highest BCUT2D eigenvalue weighted by Crippen LogP contribution is 2.44. The van der Waals surface area contributed by atoms with Crippen LogP contribution in [-0.4, -0.2) is 18.1 Å². The van der Waals surface area contributed by atoms with E-state index in [0.717, 1.165) is 44.0 Å². The SMILES string of the molecule is Cc1ccc2c(c1)C1(CCN(c3cc(N)ccn3)CC1)OC2. The Kier molecular flexibility index (Phi) is 3.08. The van der Waals surface area contributed by atoms with Gasteiger partial charge in [-0.25, -0.2) is 4.98 Å². The van der Waals surface area contributed by atoms with Gasteiger partial charge in [-0.2, -0.15) is 0 Å². The van der Waals surface area contributed by atoms with Crippen LogP contribution in [0.2, 0.25) is 0 Å². The molecule has 1 aromatic heterocycles. The second kappa shape index (κ2) is 4.99. The van der Waals surface area contributed by atoms with Gasteiger partial charge in [-0.1, -0.05) is 23.8 Å². The average molecular weight is 295 g/mol. The Morgan fingerprint density at radius 3 is 2.77 bits per heavy atom. The molecule has 22 heavy (non-hydrogen) atoms. The zero-order chi connectivity index (χ0) is 15.2. The van der Waals surface area contributed by atoms with Crippen molar-refractivity contribution in [2.24, 2.45) is 0 Å². The Balaban J connectivity index is 1.57. The van der Waals surface area contributed by atoms with Crippen LogP contribution < -0.4 is 10.6 Å². The van der Waals surface area contributed by atoms with Crippen LogP contribution in [0.25, 0.3) is 0 Å². The van der Waals surface area contributed by atoms with Crippen LogP contribution in [0.15, 0.2) is 36.5 Å². The molecule has 1 saturated heterocycles. The van der Waals surface area contributed by atoms with Gasteiger partial charge in [-0.3, -0.25) is 0 Å². The smallest absolute Gasteiger partial charge is 0.130 e. The van der Waals surface area contributed by atoms with E-state index in [0.29, 0.717) is 0 Å². The molecule has 0 saturated carbocycles. The van der Waals surface area contributed by atoms with Gasteiger partial charge in [0.25, 0.3) is 0 Å². The van der Waals surface area contributed by atoms with Crippen molar-refractivity contribution in [2.75, 3.05) is 23.7 Å². The molecule has 0 aliphatic carbocycles. The molecule has 3 heterocycles. The molecule has 2 aromatic rings. The summed E-state index contributed by atoms with van der Waals surface area (Å²) in [6.45, 7) is 4.79. The molecule has 0 atom stereocenters. The van der Waals surface area contributed by atoms with Crippen LogP contribution in [-0.2, 0) is 16.9 Å². The third kappa shape index (κ3) is 2.15. The summed E-state index contributed by atoms with van der Waals surface area (Å²) >= 11 is 0. The second-order valence-corrected chi connectivity index (χ2v) is 6.38. The predicted octanol–water partition coefficient (Wildman–Crippen LogP) is 3.00. The van der Waals surface area contributed by atoms with Gasteiger partial charge in [0.15, 0.2) is 0 Å². The maximum absolute atomic E-state index is 6.24. The first kappa shape index (κ1) is 13.6. The molecular formula is C18H21N3O. The third-order valence-corrected chi connectivity index (χ3v) is 4.92. The monoisotopic (exact) mass is 295 g/mol. The number of aromatic nitrogens is 1. The molecular weight excluding hydrogens is 274 g/mol. The highest BCUT2D eigenvalue weighted by Gasteiger charge is 2.42. The Hall–Kier alpha value is -2.07. The van der Waals surface area contributed by atoms with Crippen LogP contribution in [0, 0.1) is 6.92 Å². The molecule has 2 aliphatic rings. The third-order valence-electron chi connectivity index (χ3n) is 4.92. The number of pyridine rings is 1. The van der Waals surface area contributed by atoms with Crippen molar-refractivity contribution in [3.05, 3.63) is 53.2 Å². The highest BCUT2D eigenvalue weighted by atomic mass is 16.5. The minimum absolute atomic E-state index is 0.0990. The first-order valence-electron chi connectivity index (χ1n) is 7.87. The molecule has 2 aliphatic heterocycles. The summed E-state index contributed by atoms with van der Waals surface area (Å²) < 4.78 is 6.24. The number of anilines is 2. The highest BCUT2D eigenvalue weighted by molar-refractivity contribution is 5.51. The Morgan fingerprint density at radius 2 is 2.00 bits per heavy atom. The van der Waals surface area contributed by atoms with Crippen molar-refractivity contribution in [2.45, 2.75) is 32.0 Å². The summed E-state index contributed by atoms with van der Waals surface area (Å²) in [6, 6.07) is 10.5. The lowest BCUT2D eigenvalue weighted by atomic mass is 9.83. The first-order chi connectivity index (χ1) is 10.7. The first-order valence-corrected chi connectivity index (χ1v) is 7.87. The number of rotatable bonds is 1. The molecule has 1 aromatic carbocycles. The lowest BCUT2D eigenvalue weighted by Gasteiger charge is -2.40. The molecule has 4 nitrogen and oxygen atoms in total. The van der Waals surface area contributed by atoms with Crippen molar-refractivity contribution >= 4 is 11.5 Å². The largest absolute Gasteiger partial charge is 0.399 e. The summed E-state index contributed by atoms with van der Waals surface area (Å²) in [6.07, 6.45) is 3.78. The standard InChI is InChI=1S/C18H21N3O/c1-13-2-3-14-12-22-18(16(14)10-13)5-8-21(9-6-18)17-11-15(19)4-7-20-17/h2-4,7,10-11H,5-6,8-9,12H2,1H3,(H2,19,20). The van der Waals surface area contributed by atoms with E-state index in [1.54, 1.807) is 6.20 Å². The van der Waals surface area contributed by atoms with E-state index in [1.807, 2.05) is 12.1 Å². The quantitative estimate of drug-likeness (QED) is 0.878. The van der Waals surface area contributed by atoms with Crippen LogP contribution in [0.1, 0.15) is 29.5 Å². The Morgan fingerprint density at radius 1 is 1.18 bits per heavy atom. The van der Waals surface area contributed by atoms with E-state index in [9.17, 15) is 0 Å². The summed E-state index contributed by atoms with van der Waals surface area (Å²) in [5.41, 5.74) is 10.6. The minimum Gasteiger partial charge on any atom is -0.399 e. The van der Waals surface area contributed by atoms with E-state index in [4.69, 9.17) is 10.5 Å². The van der Waals surface area contributed by atoms with Crippen molar-refractivity contribution < 1.29 is 4.74 Å². The molecule has 2 N–H and O–H groups in total. The molecule has 0 radical (unpaired) electrons. The van der Waals surface area contributed by atoms with Crippen LogP contribution in [0.3, 0.4) is 0 Å². The van der Waals surface area contributed by atoms with E-state index in [-0.39, 0.29) is 5.60 Å². The van der Waals surface area contributed by atoms with Crippen molar-refractivity contribution in [3.63, 3.8) is 0 Å². The van der Waals surface area contributed by atoms with Crippen molar-refractivity contribution in [1.29, 1.82) is 0 Å². The van der Waals surface area contributed by atoms with E-state index in [1.165, 1.54) is 16.7 Å². The minimum atomic E-state index is -0.0990. The van der Waals surface area contributed by atoms with Gasteiger partial charge in [-0.05, 0) is 37.0 Å². The number of hydrogen-bond donors (Lipinski definition) is 1. The van der Waals surface area contributed by atoms with Gasteiger partial charge in [0, 0.05) is 31.0 Å². The number of nitrogens with zero attached hydrogens (tertiary/aromatic N) is 2. The zero-order valence-corrected chi connectivity index (χ0v) is 12.9. The van der Waals surface area contributed by atoms with E-state index >= 15 is 0 Å². The Bertz CT molecular complexity index is 705. The van der Waals surface area contributed by atoms with Crippen LogP contribution in [0.5, 0.6) is 0 Å². The number of hydrogen-bond acceptors (Lipinski definition) is 4.